The maximum atomic E-state index is 12.2. The monoisotopic (exact) mass is 285 g/mol. The summed E-state index contributed by atoms with van der Waals surface area (Å²) in [6.45, 7) is 7.05. The van der Waals surface area contributed by atoms with E-state index >= 15 is 0 Å². The van der Waals surface area contributed by atoms with E-state index in [-0.39, 0.29) is 5.41 Å². The number of hydrogen-bond acceptors (Lipinski definition) is 4. The average Bonchev–Trinajstić information content (AvgIpc) is 2.68. The molecule has 2 aliphatic rings. The fraction of sp³-hybridized carbons (Fsp3) is 0.857. The molecule has 2 heterocycles. The maximum absolute atomic E-state index is 12.2. The maximum Gasteiger partial charge on any atom is 0.411 e. The lowest BCUT2D eigenvalue weighted by atomic mass is 9.78. The summed E-state index contributed by atoms with van der Waals surface area (Å²) in [7, 11) is 0. The smallest absolute Gasteiger partial charge is 0.411 e. The third kappa shape index (κ3) is 3.23. The number of aliphatic carboxylic acids is 1. The van der Waals surface area contributed by atoms with E-state index in [1.54, 1.807) is 20.8 Å². The summed E-state index contributed by atoms with van der Waals surface area (Å²) >= 11 is 0. The Morgan fingerprint density at radius 2 is 1.90 bits per heavy atom. The van der Waals surface area contributed by atoms with Gasteiger partial charge in [-0.2, -0.15) is 0 Å². The van der Waals surface area contributed by atoms with Crippen molar-refractivity contribution in [2.24, 2.45) is 5.41 Å². The van der Waals surface area contributed by atoms with Crippen molar-refractivity contribution < 1.29 is 24.2 Å². The van der Waals surface area contributed by atoms with E-state index in [0.717, 1.165) is 12.8 Å². The van der Waals surface area contributed by atoms with Gasteiger partial charge in [0, 0.05) is 19.8 Å². The van der Waals surface area contributed by atoms with Crippen LogP contribution in [0.4, 0.5) is 4.79 Å². The van der Waals surface area contributed by atoms with E-state index in [9.17, 15) is 14.7 Å². The van der Waals surface area contributed by atoms with Crippen molar-refractivity contribution in [1.29, 1.82) is 0 Å². The molecule has 6 heteroatoms. The zero-order valence-electron chi connectivity index (χ0n) is 12.3. The standard InChI is InChI=1S/C14H23NO5/c1-13(2,3)20-12(18)15-9-14(4-6-19-7-5-14)8-10(15)11(16)17/h10H,4-9H2,1-3H3,(H,16,17)/t10-/m0/s1. The highest BCUT2D eigenvalue weighted by molar-refractivity contribution is 5.81. The van der Waals surface area contributed by atoms with Gasteiger partial charge in [0.25, 0.3) is 0 Å². The second-order valence-corrected chi connectivity index (χ2v) is 6.78. The number of carboxylic acid groups (broad SMARTS) is 1. The molecule has 2 saturated heterocycles. The van der Waals surface area contributed by atoms with Crippen LogP contribution in [0.25, 0.3) is 0 Å². The molecule has 0 aromatic heterocycles. The molecule has 1 N–H and O–H groups in total. The number of ether oxygens (including phenoxy) is 2. The minimum absolute atomic E-state index is 0.127. The molecule has 0 aromatic rings. The molecule has 0 aliphatic carbocycles. The number of carboxylic acids is 1. The zero-order chi connectivity index (χ0) is 15.0. The van der Waals surface area contributed by atoms with Gasteiger partial charge in [-0.1, -0.05) is 0 Å². The molecule has 20 heavy (non-hydrogen) atoms. The van der Waals surface area contributed by atoms with Gasteiger partial charge in [0.05, 0.1) is 0 Å². The summed E-state index contributed by atoms with van der Waals surface area (Å²) in [5.41, 5.74) is -0.746. The molecule has 0 aromatic carbocycles. The van der Waals surface area contributed by atoms with Crippen molar-refractivity contribution in [1.82, 2.24) is 4.90 Å². The van der Waals surface area contributed by atoms with Crippen molar-refractivity contribution in [2.75, 3.05) is 19.8 Å². The first-order valence-electron chi connectivity index (χ1n) is 7.03. The minimum Gasteiger partial charge on any atom is -0.480 e. The molecule has 2 rings (SSSR count). The van der Waals surface area contributed by atoms with Crippen molar-refractivity contribution in [3.8, 4) is 0 Å². The Bertz CT molecular complexity index is 395. The van der Waals surface area contributed by atoms with Crippen LogP contribution in [0.1, 0.15) is 40.0 Å². The number of nitrogens with zero attached hydrogens (tertiary/aromatic N) is 1. The van der Waals surface area contributed by atoms with Gasteiger partial charge in [-0.3, -0.25) is 4.90 Å². The Morgan fingerprint density at radius 3 is 2.40 bits per heavy atom. The highest BCUT2D eigenvalue weighted by Gasteiger charge is 2.50. The van der Waals surface area contributed by atoms with Gasteiger partial charge < -0.3 is 14.6 Å². The number of hydrogen-bond donors (Lipinski definition) is 1. The SMILES string of the molecule is CC(C)(C)OC(=O)N1CC2(CCOCC2)C[C@H]1C(=O)O. The molecular weight excluding hydrogens is 262 g/mol. The summed E-state index contributed by atoms with van der Waals surface area (Å²) in [6, 6.07) is -0.789. The van der Waals surface area contributed by atoms with Crippen molar-refractivity contribution in [3.63, 3.8) is 0 Å². The highest BCUT2D eigenvalue weighted by Crippen LogP contribution is 2.43. The molecule has 0 bridgehead atoms. The Balaban J connectivity index is 2.13. The van der Waals surface area contributed by atoms with Crippen molar-refractivity contribution >= 4 is 12.1 Å². The molecule has 0 unspecified atom stereocenters. The van der Waals surface area contributed by atoms with Crippen molar-refractivity contribution in [2.45, 2.75) is 51.7 Å². The summed E-state index contributed by atoms with van der Waals surface area (Å²) < 4.78 is 10.7. The molecule has 1 spiro atoms. The Kier molecular flexibility index (Phi) is 3.95. The van der Waals surface area contributed by atoms with Crippen LogP contribution < -0.4 is 0 Å². The number of likely N-dealkylation sites (tertiary alicyclic amines) is 1. The van der Waals surface area contributed by atoms with Crippen LogP contribution in [0.5, 0.6) is 0 Å². The van der Waals surface area contributed by atoms with E-state index in [1.165, 1.54) is 4.90 Å². The molecule has 2 fully saturated rings. The molecule has 0 saturated carbocycles. The predicted octanol–water partition coefficient (Wildman–Crippen LogP) is 1.88. The van der Waals surface area contributed by atoms with Gasteiger partial charge in [-0.05, 0) is 45.4 Å². The van der Waals surface area contributed by atoms with Gasteiger partial charge in [0.1, 0.15) is 11.6 Å². The van der Waals surface area contributed by atoms with Gasteiger partial charge >= 0.3 is 12.1 Å². The van der Waals surface area contributed by atoms with Gasteiger partial charge in [-0.25, -0.2) is 9.59 Å². The number of rotatable bonds is 1. The summed E-state index contributed by atoms with van der Waals surface area (Å²) in [5, 5.41) is 9.36. The normalized spacial score (nSPS) is 25.8. The second kappa shape index (κ2) is 5.24. The number of amides is 1. The number of carbonyl (C=O) groups excluding carboxylic acids is 1. The van der Waals surface area contributed by atoms with Crippen LogP contribution in [0.15, 0.2) is 0 Å². The van der Waals surface area contributed by atoms with Crippen LogP contribution in [-0.4, -0.2) is 53.5 Å². The summed E-state index contributed by atoms with van der Waals surface area (Å²) in [4.78, 5) is 25.0. The van der Waals surface area contributed by atoms with Crippen LogP contribution in [-0.2, 0) is 14.3 Å². The third-order valence-corrected chi connectivity index (χ3v) is 3.97. The predicted molar refractivity (Wildman–Crippen MR) is 71.5 cm³/mol. The van der Waals surface area contributed by atoms with E-state index < -0.39 is 23.7 Å². The molecule has 2 aliphatic heterocycles. The lowest BCUT2D eigenvalue weighted by Crippen LogP contribution is -2.43. The first kappa shape index (κ1) is 15.1. The van der Waals surface area contributed by atoms with Crippen LogP contribution in [0.3, 0.4) is 0 Å². The summed E-state index contributed by atoms with van der Waals surface area (Å²) in [6.07, 6.45) is 1.56. The second-order valence-electron chi connectivity index (χ2n) is 6.78. The van der Waals surface area contributed by atoms with Gasteiger partial charge in [0.15, 0.2) is 0 Å². The van der Waals surface area contributed by atoms with Crippen LogP contribution >= 0.6 is 0 Å². The van der Waals surface area contributed by atoms with E-state index in [0.29, 0.717) is 26.2 Å². The summed E-state index contributed by atoms with van der Waals surface area (Å²) in [5.74, 6) is -0.959. The molecule has 1 amide bonds. The molecule has 6 nitrogen and oxygen atoms in total. The lowest BCUT2D eigenvalue weighted by molar-refractivity contribution is -0.142. The zero-order valence-corrected chi connectivity index (χ0v) is 12.3. The molecular formula is C14H23NO5. The minimum atomic E-state index is -0.959. The van der Waals surface area contributed by atoms with Crippen LogP contribution in [0, 0.1) is 5.41 Å². The fourth-order valence-corrected chi connectivity index (χ4v) is 2.96. The van der Waals surface area contributed by atoms with Gasteiger partial charge in [0.2, 0.25) is 0 Å². The Labute approximate surface area is 119 Å². The lowest BCUT2D eigenvalue weighted by Gasteiger charge is -2.33. The third-order valence-electron chi connectivity index (χ3n) is 3.97. The van der Waals surface area contributed by atoms with Crippen LogP contribution in [0.2, 0.25) is 0 Å². The average molecular weight is 285 g/mol. The van der Waals surface area contributed by atoms with E-state index in [1.807, 2.05) is 0 Å². The number of carbonyl (C=O) groups is 2. The quantitative estimate of drug-likeness (QED) is 0.796. The Morgan fingerprint density at radius 1 is 1.30 bits per heavy atom. The first-order valence-corrected chi connectivity index (χ1v) is 7.03. The topological polar surface area (TPSA) is 76.1 Å². The molecule has 114 valence electrons. The van der Waals surface area contributed by atoms with Gasteiger partial charge in [-0.15, -0.1) is 0 Å². The Hall–Kier alpha value is -1.30. The first-order chi connectivity index (χ1) is 9.22. The van der Waals surface area contributed by atoms with Crippen molar-refractivity contribution in [3.05, 3.63) is 0 Å². The highest BCUT2D eigenvalue weighted by atomic mass is 16.6. The largest absolute Gasteiger partial charge is 0.480 e. The molecule has 0 radical (unpaired) electrons. The van der Waals surface area contributed by atoms with E-state index in [4.69, 9.17) is 9.47 Å². The fourth-order valence-electron chi connectivity index (χ4n) is 2.96. The molecule has 1 atom stereocenters. The van der Waals surface area contributed by atoms with E-state index in [2.05, 4.69) is 0 Å².